The Morgan fingerprint density at radius 1 is 0.322 bits per heavy atom. The second-order valence-corrected chi connectivity index (χ2v) is 17.4. The minimum absolute atomic E-state index is 0.573. The number of rotatable bonds is 40. The molecule has 0 aliphatic carbocycles. The number of methoxy groups -OCH3 is 4. The highest BCUT2D eigenvalue weighted by Crippen LogP contribution is 2.33. The van der Waals surface area contributed by atoms with Gasteiger partial charge in [0.1, 0.15) is 0 Å². The van der Waals surface area contributed by atoms with Gasteiger partial charge in [-0.1, -0.05) is 156 Å². The van der Waals surface area contributed by atoms with Crippen LogP contribution in [-0.2, 0) is 51.8 Å². The van der Waals surface area contributed by atoms with E-state index in [0.717, 1.165) is 32.6 Å². The second kappa shape index (κ2) is 35.5. The molecule has 59 heavy (non-hydrogen) atoms. The van der Waals surface area contributed by atoms with Crippen LogP contribution in [0.1, 0.15) is 215 Å². The first-order valence-corrected chi connectivity index (χ1v) is 24.8. The summed E-state index contributed by atoms with van der Waals surface area (Å²) in [5, 5.41) is 0. The van der Waals surface area contributed by atoms with Gasteiger partial charge in [0.2, 0.25) is 0 Å². The third kappa shape index (κ3) is 22.0. The van der Waals surface area contributed by atoms with E-state index < -0.39 is 0 Å². The SMILES string of the molecule is CCCCCCCCN(CCCCCCCC)c1cc(COC)c(Cc2c(COC)cc(N(CCCCCCCC)CCCCCCCC)cc2COC)c(COC)c1. The van der Waals surface area contributed by atoms with Gasteiger partial charge in [-0.15, -0.1) is 0 Å². The van der Waals surface area contributed by atoms with E-state index >= 15 is 0 Å². The summed E-state index contributed by atoms with van der Waals surface area (Å²) >= 11 is 0. The van der Waals surface area contributed by atoms with E-state index in [1.54, 1.807) is 0 Å². The smallest absolute Gasteiger partial charge is 0.0716 e. The summed E-state index contributed by atoms with van der Waals surface area (Å²) in [6.45, 7) is 15.9. The molecule has 0 bridgehead atoms. The molecule has 0 unspecified atom stereocenters. The van der Waals surface area contributed by atoms with Gasteiger partial charge >= 0.3 is 0 Å². The number of nitrogens with zero attached hydrogens (tertiary/aromatic N) is 2. The fraction of sp³-hybridized carbons (Fsp3) is 0.774. The van der Waals surface area contributed by atoms with Crippen LogP contribution in [-0.4, -0.2) is 54.6 Å². The molecular formula is C53H94N2O4. The Hall–Kier alpha value is -2.12. The van der Waals surface area contributed by atoms with Crippen molar-refractivity contribution in [3.05, 3.63) is 57.6 Å². The standard InChI is InChI=1S/C53H94N2O4/c1-9-13-17-21-25-29-33-54(34-30-26-22-18-14-10-2)50-37-46(42-56-5)52(47(38-50)43-57-6)41-53-48(44-58-7)39-51(40-49(53)45-59-8)55(35-31-27-23-19-15-11-3)36-32-28-24-20-16-12-4/h37-40H,9-36,41-45H2,1-8H3. The molecule has 0 aromatic heterocycles. The van der Waals surface area contributed by atoms with E-state index in [2.05, 4.69) is 61.8 Å². The van der Waals surface area contributed by atoms with E-state index in [1.807, 2.05) is 28.4 Å². The van der Waals surface area contributed by atoms with Crippen LogP contribution in [0.2, 0.25) is 0 Å². The third-order valence-corrected chi connectivity index (χ3v) is 12.2. The molecule has 0 saturated carbocycles. The average Bonchev–Trinajstić information content (AvgIpc) is 3.23. The van der Waals surface area contributed by atoms with Crippen molar-refractivity contribution in [2.75, 3.05) is 64.4 Å². The highest BCUT2D eigenvalue weighted by atomic mass is 16.5. The molecule has 0 spiro atoms. The lowest BCUT2D eigenvalue weighted by molar-refractivity contribution is 0.177. The van der Waals surface area contributed by atoms with Crippen molar-refractivity contribution in [3.8, 4) is 0 Å². The molecule has 0 N–H and O–H groups in total. The molecule has 2 aromatic rings. The first-order chi connectivity index (χ1) is 29.0. The zero-order chi connectivity index (χ0) is 42.8. The van der Waals surface area contributed by atoms with Crippen molar-refractivity contribution >= 4 is 11.4 Å². The Morgan fingerprint density at radius 3 is 0.763 bits per heavy atom. The molecular weight excluding hydrogens is 729 g/mol. The normalized spacial score (nSPS) is 11.5. The third-order valence-electron chi connectivity index (χ3n) is 12.2. The number of ether oxygens (including phenoxy) is 4. The van der Waals surface area contributed by atoms with Gasteiger partial charge in [0.25, 0.3) is 0 Å². The van der Waals surface area contributed by atoms with Crippen LogP contribution in [0.4, 0.5) is 11.4 Å². The van der Waals surface area contributed by atoms with Gasteiger partial charge in [-0.3, -0.25) is 0 Å². The maximum absolute atomic E-state index is 5.97. The quantitative estimate of drug-likeness (QED) is 0.0624. The van der Waals surface area contributed by atoms with Crippen LogP contribution < -0.4 is 9.80 Å². The Kier molecular flexibility index (Phi) is 31.9. The summed E-state index contributed by atoms with van der Waals surface area (Å²) in [6.07, 6.45) is 32.3. The molecule has 6 nitrogen and oxygen atoms in total. The van der Waals surface area contributed by atoms with Crippen molar-refractivity contribution in [2.24, 2.45) is 0 Å². The van der Waals surface area contributed by atoms with Crippen LogP contribution in [0.25, 0.3) is 0 Å². The molecule has 340 valence electrons. The summed E-state index contributed by atoms with van der Waals surface area (Å²) in [6, 6.07) is 9.76. The van der Waals surface area contributed by atoms with Crippen molar-refractivity contribution < 1.29 is 18.9 Å². The van der Waals surface area contributed by atoms with Crippen LogP contribution in [0, 0.1) is 0 Å². The molecule has 0 aliphatic rings. The minimum Gasteiger partial charge on any atom is -0.380 e. The zero-order valence-electron chi connectivity index (χ0n) is 40.2. The van der Waals surface area contributed by atoms with E-state index in [0.29, 0.717) is 26.4 Å². The van der Waals surface area contributed by atoms with E-state index in [4.69, 9.17) is 18.9 Å². The Balaban J connectivity index is 2.55. The summed E-state index contributed by atoms with van der Waals surface area (Å²) in [5.41, 5.74) is 10.3. The van der Waals surface area contributed by atoms with Crippen molar-refractivity contribution in [1.29, 1.82) is 0 Å². The van der Waals surface area contributed by atoms with Crippen molar-refractivity contribution in [3.63, 3.8) is 0 Å². The van der Waals surface area contributed by atoms with E-state index in [-0.39, 0.29) is 0 Å². The predicted octanol–water partition coefficient (Wildman–Crippen LogP) is 14.9. The van der Waals surface area contributed by atoms with Crippen LogP contribution in [0.3, 0.4) is 0 Å². The topological polar surface area (TPSA) is 43.4 Å². The lowest BCUT2D eigenvalue weighted by Gasteiger charge is -2.29. The van der Waals surface area contributed by atoms with Crippen LogP contribution >= 0.6 is 0 Å². The highest BCUT2D eigenvalue weighted by Gasteiger charge is 2.21. The second-order valence-electron chi connectivity index (χ2n) is 17.4. The number of anilines is 2. The molecule has 2 aromatic carbocycles. The Bertz CT molecular complexity index is 1110. The van der Waals surface area contributed by atoms with Crippen molar-refractivity contribution in [2.45, 2.75) is 215 Å². The number of hydrogen-bond acceptors (Lipinski definition) is 6. The molecule has 0 fully saturated rings. The highest BCUT2D eigenvalue weighted by molar-refractivity contribution is 5.59. The fourth-order valence-electron chi connectivity index (χ4n) is 8.76. The predicted molar refractivity (Wildman–Crippen MR) is 256 cm³/mol. The molecule has 0 aliphatic heterocycles. The van der Waals surface area contributed by atoms with E-state index in [1.165, 1.54) is 199 Å². The molecule has 2 rings (SSSR count). The number of benzene rings is 2. The van der Waals surface area contributed by atoms with E-state index in [9.17, 15) is 0 Å². The molecule has 0 radical (unpaired) electrons. The largest absolute Gasteiger partial charge is 0.380 e. The number of unbranched alkanes of at least 4 members (excludes halogenated alkanes) is 20. The van der Waals surface area contributed by atoms with Crippen LogP contribution in [0.5, 0.6) is 0 Å². The monoisotopic (exact) mass is 823 g/mol. The van der Waals surface area contributed by atoms with Gasteiger partial charge in [0.05, 0.1) is 26.4 Å². The van der Waals surface area contributed by atoms with Gasteiger partial charge in [-0.25, -0.2) is 0 Å². The lowest BCUT2D eigenvalue weighted by atomic mass is 9.89. The average molecular weight is 823 g/mol. The van der Waals surface area contributed by atoms with Gasteiger partial charge < -0.3 is 28.7 Å². The maximum Gasteiger partial charge on any atom is 0.0716 e. The first-order valence-electron chi connectivity index (χ1n) is 24.8. The maximum atomic E-state index is 5.97. The van der Waals surface area contributed by atoms with Gasteiger partial charge in [0, 0.05) is 66.0 Å². The first kappa shape index (κ1) is 53.0. The molecule has 0 heterocycles. The summed E-state index contributed by atoms with van der Waals surface area (Å²) in [7, 11) is 7.34. The van der Waals surface area contributed by atoms with Gasteiger partial charge in [-0.05, 0) is 89.8 Å². The zero-order valence-corrected chi connectivity index (χ0v) is 40.2. The van der Waals surface area contributed by atoms with Gasteiger partial charge in [0.15, 0.2) is 0 Å². The summed E-state index contributed by atoms with van der Waals surface area (Å²) in [5.74, 6) is 0. The molecule has 0 saturated heterocycles. The molecule has 0 atom stereocenters. The van der Waals surface area contributed by atoms with Crippen molar-refractivity contribution in [1.82, 2.24) is 0 Å². The molecule has 0 amide bonds. The van der Waals surface area contributed by atoms with Gasteiger partial charge in [-0.2, -0.15) is 0 Å². The number of hydrogen-bond donors (Lipinski definition) is 0. The Morgan fingerprint density at radius 2 is 0.542 bits per heavy atom. The summed E-state index contributed by atoms with van der Waals surface area (Å²) in [4.78, 5) is 5.34. The Labute approximate surface area is 365 Å². The molecule has 6 heteroatoms. The van der Waals surface area contributed by atoms with Crippen LogP contribution in [0.15, 0.2) is 24.3 Å². The minimum atomic E-state index is 0.573. The lowest BCUT2D eigenvalue weighted by Crippen LogP contribution is -2.27. The summed E-state index contributed by atoms with van der Waals surface area (Å²) < 4.78 is 23.9. The fourth-order valence-corrected chi connectivity index (χ4v) is 8.76.